The van der Waals surface area contributed by atoms with Crippen LogP contribution in [0.1, 0.15) is 49.7 Å². The average molecular weight is 280 g/mol. The molecule has 4 bridgehead atoms. The first-order valence-electron chi connectivity index (χ1n) is 8.51. The van der Waals surface area contributed by atoms with Crippen LogP contribution in [-0.2, 0) is 6.42 Å². The van der Waals surface area contributed by atoms with Gasteiger partial charge in [-0.2, -0.15) is 5.26 Å². The number of benzene rings is 1. The Hall–Kier alpha value is -1.49. The van der Waals surface area contributed by atoms with Crippen molar-refractivity contribution in [1.82, 2.24) is 0 Å². The molecular weight excluding hydrogens is 256 g/mol. The molecule has 110 valence electrons. The molecule has 4 saturated carbocycles. The van der Waals surface area contributed by atoms with Crippen LogP contribution < -0.4 is 5.73 Å². The van der Waals surface area contributed by atoms with E-state index >= 15 is 0 Å². The highest BCUT2D eigenvalue weighted by Gasteiger charge is 2.47. The number of nitriles is 1. The minimum absolute atomic E-state index is 0.605. The number of nitrogens with two attached hydrogens (primary N) is 1. The number of hydrogen-bond donors (Lipinski definition) is 1. The summed E-state index contributed by atoms with van der Waals surface area (Å²) in [6.45, 7) is 0. The van der Waals surface area contributed by atoms with E-state index in [4.69, 9.17) is 11.0 Å². The predicted octanol–water partition coefficient (Wildman–Crippen LogP) is 4.15. The normalized spacial score (nSPS) is 36.6. The van der Waals surface area contributed by atoms with Crippen molar-refractivity contribution in [2.45, 2.75) is 44.9 Å². The van der Waals surface area contributed by atoms with Gasteiger partial charge in [-0.3, -0.25) is 0 Å². The molecule has 0 aromatic heterocycles. The molecule has 2 N–H and O–H groups in total. The Morgan fingerprint density at radius 1 is 1.05 bits per heavy atom. The van der Waals surface area contributed by atoms with Crippen molar-refractivity contribution >= 4 is 5.69 Å². The summed E-state index contributed by atoms with van der Waals surface area (Å²) in [6.07, 6.45) is 10.0. The van der Waals surface area contributed by atoms with Gasteiger partial charge in [-0.25, -0.2) is 0 Å². The van der Waals surface area contributed by atoms with Gasteiger partial charge in [0, 0.05) is 5.69 Å². The summed E-state index contributed by atoms with van der Waals surface area (Å²) in [6, 6.07) is 8.12. The Morgan fingerprint density at radius 2 is 1.71 bits per heavy atom. The molecule has 0 heterocycles. The first kappa shape index (κ1) is 13.2. The largest absolute Gasteiger partial charge is 0.398 e. The van der Waals surface area contributed by atoms with Crippen LogP contribution in [0.5, 0.6) is 0 Å². The lowest BCUT2D eigenvalue weighted by molar-refractivity contribution is -0.0394. The highest BCUT2D eigenvalue weighted by molar-refractivity contribution is 5.55. The van der Waals surface area contributed by atoms with Gasteiger partial charge in [0.05, 0.1) is 5.56 Å². The van der Waals surface area contributed by atoms with E-state index in [0.717, 1.165) is 36.0 Å². The first-order valence-corrected chi connectivity index (χ1v) is 8.51. The molecule has 0 unspecified atom stereocenters. The number of nitrogen functional groups attached to an aromatic ring is 1. The molecule has 0 aliphatic heterocycles. The van der Waals surface area contributed by atoms with E-state index < -0.39 is 0 Å². The molecular formula is C19H24N2. The van der Waals surface area contributed by atoms with Gasteiger partial charge < -0.3 is 5.73 Å². The van der Waals surface area contributed by atoms with Gasteiger partial charge in [0.25, 0.3) is 0 Å². The maximum Gasteiger partial charge on any atom is 0.101 e. The van der Waals surface area contributed by atoms with Crippen LogP contribution in [0.15, 0.2) is 18.2 Å². The van der Waals surface area contributed by atoms with Crippen molar-refractivity contribution in [2.24, 2.45) is 29.6 Å². The van der Waals surface area contributed by atoms with E-state index in [0.29, 0.717) is 11.3 Å². The maximum atomic E-state index is 8.95. The minimum atomic E-state index is 0.605. The standard InChI is InChI=1S/C19H24N2/c20-11-15-3-1-12(10-19(15)21)2-4-18-16-6-13-5-14(8-16)9-17(18)7-13/h1,3,10,13-14,16-18H,2,4-9,21H2. The molecule has 5 rings (SSSR count). The second kappa shape index (κ2) is 5.05. The van der Waals surface area contributed by atoms with Crippen molar-refractivity contribution in [3.63, 3.8) is 0 Å². The van der Waals surface area contributed by atoms with E-state index in [9.17, 15) is 0 Å². The number of rotatable bonds is 3. The quantitative estimate of drug-likeness (QED) is 0.846. The Kier molecular flexibility index (Phi) is 3.17. The molecule has 0 spiro atoms. The number of anilines is 1. The lowest BCUT2D eigenvalue weighted by atomic mass is 9.51. The molecule has 1 aromatic rings. The first-order chi connectivity index (χ1) is 10.2. The number of aryl methyl sites for hydroxylation is 1. The van der Waals surface area contributed by atoms with E-state index in [1.807, 2.05) is 12.1 Å². The monoisotopic (exact) mass is 280 g/mol. The predicted molar refractivity (Wildman–Crippen MR) is 84.4 cm³/mol. The van der Waals surface area contributed by atoms with Crippen LogP contribution >= 0.6 is 0 Å². The van der Waals surface area contributed by atoms with E-state index in [1.165, 1.54) is 44.1 Å². The lowest BCUT2D eigenvalue weighted by Gasteiger charge is -2.54. The Bertz CT molecular complexity index is 556. The van der Waals surface area contributed by atoms with Crippen molar-refractivity contribution in [1.29, 1.82) is 5.26 Å². The zero-order valence-corrected chi connectivity index (χ0v) is 12.6. The van der Waals surface area contributed by atoms with E-state index in [1.54, 1.807) is 0 Å². The molecule has 1 aromatic carbocycles. The summed E-state index contributed by atoms with van der Waals surface area (Å²) in [5.74, 6) is 5.10. The summed E-state index contributed by atoms with van der Waals surface area (Å²) in [7, 11) is 0. The maximum absolute atomic E-state index is 8.95. The molecule has 0 saturated heterocycles. The Labute approximate surface area is 127 Å². The molecule has 4 aliphatic carbocycles. The molecule has 0 atom stereocenters. The van der Waals surface area contributed by atoms with E-state index in [2.05, 4.69) is 12.1 Å². The summed E-state index contributed by atoms with van der Waals surface area (Å²) in [5.41, 5.74) is 8.48. The van der Waals surface area contributed by atoms with Gasteiger partial charge in [0.1, 0.15) is 6.07 Å². The van der Waals surface area contributed by atoms with Crippen molar-refractivity contribution in [3.05, 3.63) is 29.3 Å². The zero-order chi connectivity index (χ0) is 14.4. The molecule has 2 nitrogen and oxygen atoms in total. The van der Waals surface area contributed by atoms with Gasteiger partial charge in [-0.1, -0.05) is 6.07 Å². The summed E-state index contributed by atoms with van der Waals surface area (Å²) in [4.78, 5) is 0. The summed E-state index contributed by atoms with van der Waals surface area (Å²) < 4.78 is 0. The fourth-order valence-electron chi connectivity index (χ4n) is 5.71. The van der Waals surface area contributed by atoms with Crippen LogP contribution in [0.2, 0.25) is 0 Å². The smallest absolute Gasteiger partial charge is 0.101 e. The van der Waals surface area contributed by atoms with Gasteiger partial charge in [-0.05, 0) is 92.2 Å². The highest BCUT2D eigenvalue weighted by atomic mass is 14.6. The third-order valence-corrected chi connectivity index (χ3v) is 6.42. The fraction of sp³-hybridized carbons (Fsp3) is 0.632. The molecule has 0 radical (unpaired) electrons. The van der Waals surface area contributed by atoms with Crippen LogP contribution in [0.25, 0.3) is 0 Å². The van der Waals surface area contributed by atoms with Crippen LogP contribution in [0.3, 0.4) is 0 Å². The Morgan fingerprint density at radius 3 is 2.29 bits per heavy atom. The average Bonchev–Trinajstić information content (AvgIpc) is 2.46. The zero-order valence-electron chi connectivity index (χ0n) is 12.6. The number of nitrogens with zero attached hydrogens (tertiary/aromatic N) is 1. The third-order valence-electron chi connectivity index (χ3n) is 6.42. The van der Waals surface area contributed by atoms with Crippen LogP contribution in [-0.4, -0.2) is 0 Å². The van der Waals surface area contributed by atoms with Crippen molar-refractivity contribution < 1.29 is 0 Å². The molecule has 4 fully saturated rings. The number of hydrogen-bond acceptors (Lipinski definition) is 2. The lowest BCUT2D eigenvalue weighted by Crippen LogP contribution is -2.45. The van der Waals surface area contributed by atoms with Crippen molar-refractivity contribution in [3.8, 4) is 6.07 Å². The third kappa shape index (κ3) is 2.33. The van der Waals surface area contributed by atoms with Gasteiger partial charge in [0.2, 0.25) is 0 Å². The second-order valence-corrected chi connectivity index (χ2v) is 7.67. The van der Waals surface area contributed by atoms with Crippen LogP contribution in [0, 0.1) is 40.9 Å². The highest BCUT2D eigenvalue weighted by Crippen LogP contribution is 2.57. The summed E-state index contributed by atoms with van der Waals surface area (Å²) >= 11 is 0. The topological polar surface area (TPSA) is 49.8 Å². The fourth-order valence-corrected chi connectivity index (χ4v) is 5.71. The molecule has 0 amide bonds. The van der Waals surface area contributed by atoms with Crippen molar-refractivity contribution in [2.75, 3.05) is 5.73 Å². The molecule has 2 heteroatoms. The van der Waals surface area contributed by atoms with Gasteiger partial charge >= 0.3 is 0 Å². The van der Waals surface area contributed by atoms with Gasteiger partial charge in [-0.15, -0.1) is 0 Å². The van der Waals surface area contributed by atoms with Gasteiger partial charge in [0.15, 0.2) is 0 Å². The van der Waals surface area contributed by atoms with Crippen LogP contribution in [0.4, 0.5) is 5.69 Å². The summed E-state index contributed by atoms with van der Waals surface area (Å²) in [5, 5.41) is 8.95. The minimum Gasteiger partial charge on any atom is -0.398 e. The molecule has 4 aliphatic rings. The van der Waals surface area contributed by atoms with E-state index in [-0.39, 0.29) is 0 Å². The molecule has 21 heavy (non-hydrogen) atoms. The second-order valence-electron chi connectivity index (χ2n) is 7.67. The Balaban J connectivity index is 1.43. The SMILES string of the molecule is N#Cc1ccc(CCC2C3CC4CC(C3)CC2C4)cc1N.